The van der Waals surface area contributed by atoms with Crippen LogP contribution in [0.5, 0.6) is 5.75 Å². The Labute approximate surface area is 128 Å². The standard InChI is InChI=1S/C16H17ClN2O2/c1-2-21-15-7-6-13(9-14(15)17)19-10-11-4-3-5-12(8-11)16(18)20/h3-9,19H,2,10H2,1H3,(H2,18,20). The number of anilines is 1. The quantitative estimate of drug-likeness (QED) is 0.859. The highest BCUT2D eigenvalue weighted by atomic mass is 35.5. The molecule has 2 aromatic rings. The van der Waals surface area contributed by atoms with Gasteiger partial charge < -0.3 is 15.8 Å². The Morgan fingerprint density at radius 3 is 2.76 bits per heavy atom. The van der Waals surface area contributed by atoms with E-state index in [1.54, 1.807) is 12.1 Å². The topological polar surface area (TPSA) is 64.3 Å². The van der Waals surface area contributed by atoms with E-state index < -0.39 is 5.91 Å². The number of ether oxygens (including phenoxy) is 1. The molecule has 0 aliphatic carbocycles. The number of primary amides is 1. The predicted molar refractivity (Wildman–Crippen MR) is 84.9 cm³/mol. The summed E-state index contributed by atoms with van der Waals surface area (Å²) >= 11 is 6.13. The minimum atomic E-state index is -0.430. The third-order valence-electron chi connectivity index (χ3n) is 2.94. The van der Waals surface area contributed by atoms with Crippen LogP contribution in [0, 0.1) is 0 Å². The molecule has 0 spiro atoms. The van der Waals surface area contributed by atoms with E-state index in [1.165, 1.54) is 0 Å². The van der Waals surface area contributed by atoms with E-state index in [2.05, 4.69) is 5.32 Å². The molecule has 0 saturated carbocycles. The minimum absolute atomic E-state index is 0.430. The van der Waals surface area contributed by atoms with Crippen LogP contribution in [-0.2, 0) is 6.54 Å². The molecule has 0 radical (unpaired) electrons. The number of rotatable bonds is 6. The Balaban J connectivity index is 2.04. The summed E-state index contributed by atoms with van der Waals surface area (Å²) < 4.78 is 5.39. The third kappa shape index (κ3) is 4.13. The van der Waals surface area contributed by atoms with E-state index >= 15 is 0 Å². The van der Waals surface area contributed by atoms with Gasteiger partial charge >= 0.3 is 0 Å². The van der Waals surface area contributed by atoms with Crippen LogP contribution in [0.2, 0.25) is 5.02 Å². The fraction of sp³-hybridized carbons (Fsp3) is 0.188. The van der Waals surface area contributed by atoms with Gasteiger partial charge in [0.15, 0.2) is 0 Å². The van der Waals surface area contributed by atoms with Gasteiger partial charge in [-0.3, -0.25) is 4.79 Å². The number of amides is 1. The van der Waals surface area contributed by atoms with Crippen LogP contribution < -0.4 is 15.8 Å². The molecule has 2 aromatic carbocycles. The van der Waals surface area contributed by atoms with Crippen molar-refractivity contribution in [2.24, 2.45) is 5.73 Å². The van der Waals surface area contributed by atoms with Gasteiger partial charge in [0.25, 0.3) is 0 Å². The van der Waals surface area contributed by atoms with Gasteiger partial charge in [-0.15, -0.1) is 0 Å². The number of hydrogen-bond acceptors (Lipinski definition) is 3. The molecule has 2 rings (SSSR count). The first-order chi connectivity index (χ1) is 10.1. The summed E-state index contributed by atoms with van der Waals surface area (Å²) in [5.74, 6) is 0.237. The lowest BCUT2D eigenvalue weighted by molar-refractivity contribution is 0.1000. The van der Waals surface area contributed by atoms with Gasteiger partial charge in [-0.2, -0.15) is 0 Å². The average molecular weight is 305 g/mol. The van der Waals surface area contributed by atoms with E-state index in [-0.39, 0.29) is 0 Å². The van der Waals surface area contributed by atoms with Crippen molar-refractivity contribution in [1.82, 2.24) is 0 Å². The van der Waals surface area contributed by atoms with Crippen LogP contribution in [0.4, 0.5) is 5.69 Å². The minimum Gasteiger partial charge on any atom is -0.492 e. The number of carbonyl (C=O) groups excluding carboxylic acids is 1. The maximum Gasteiger partial charge on any atom is 0.248 e. The van der Waals surface area contributed by atoms with Crippen LogP contribution in [0.1, 0.15) is 22.8 Å². The summed E-state index contributed by atoms with van der Waals surface area (Å²) in [5.41, 5.74) is 7.61. The van der Waals surface area contributed by atoms with Crippen LogP contribution >= 0.6 is 11.6 Å². The van der Waals surface area contributed by atoms with Gasteiger partial charge in [-0.25, -0.2) is 0 Å². The molecule has 1 amide bonds. The maximum atomic E-state index is 11.1. The van der Waals surface area contributed by atoms with E-state index in [0.29, 0.717) is 29.5 Å². The zero-order valence-electron chi connectivity index (χ0n) is 11.7. The number of nitrogens with two attached hydrogens (primary N) is 1. The van der Waals surface area contributed by atoms with Crippen molar-refractivity contribution in [3.63, 3.8) is 0 Å². The second kappa shape index (κ2) is 6.99. The monoisotopic (exact) mass is 304 g/mol. The number of carbonyl (C=O) groups is 1. The van der Waals surface area contributed by atoms with Gasteiger partial charge in [0.1, 0.15) is 5.75 Å². The number of hydrogen-bond donors (Lipinski definition) is 2. The Morgan fingerprint density at radius 1 is 1.29 bits per heavy atom. The van der Waals surface area contributed by atoms with Crippen molar-refractivity contribution < 1.29 is 9.53 Å². The lowest BCUT2D eigenvalue weighted by atomic mass is 10.1. The lowest BCUT2D eigenvalue weighted by Gasteiger charge is -2.10. The van der Waals surface area contributed by atoms with Crippen LogP contribution in [0.15, 0.2) is 42.5 Å². The molecular formula is C16H17ClN2O2. The molecule has 4 nitrogen and oxygen atoms in total. The number of nitrogens with one attached hydrogen (secondary N) is 1. The summed E-state index contributed by atoms with van der Waals surface area (Å²) in [4.78, 5) is 11.1. The molecule has 0 saturated heterocycles. The van der Waals surface area contributed by atoms with E-state index in [1.807, 2.05) is 37.3 Å². The normalized spacial score (nSPS) is 10.2. The number of halogens is 1. The Bertz CT molecular complexity index is 644. The molecule has 21 heavy (non-hydrogen) atoms. The fourth-order valence-electron chi connectivity index (χ4n) is 1.92. The van der Waals surface area contributed by atoms with Crippen molar-refractivity contribution in [1.29, 1.82) is 0 Å². The third-order valence-corrected chi connectivity index (χ3v) is 3.24. The van der Waals surface area contributed by atoms with Gasteiger partial charge in [0.05, 0.1) is 11.6 Å². The lowest BCUT2D eigenvalue weighted by Crippen LogP contribution is -2.11. The summed E-state index contributed by atoms with van der Waals surface area (Å²) in [6, 6.07) is 12.7. The van der Waals surface area contributed by atoms with Crippen molar-refractivity contribution in [2.75, 3.05) is 11.9 Å². The van der Waals surface area contributed by atoms with E-state index in [4.69, 9.17) is 22.1 Å². The van der Waals surface area contributed by atoms with E-state index in [0.717, 1.165) is 11.3 Å². The Morgan fingerprint density at radius 2 is 2.10 bits per heavy atom. The first kappa shape index (κ1) is 15.2. The largest absolute Gasteiger partial charge is 0.492 e. The van der Waals surface area contributed by atoms with Crippen molar-refractivity contribution in [3.8, 4) is 5.75 Å². The molecule has 110 valence electrons. The summed E-state index contributed by atoms with van der Waals surface area (Å²) in [5, 5.41) is 3.81. The van der Waals surface area contributed by atoms with Gasteiger partial charge in [0.2, 0.25) is 5.91 Å². The highest BCUT2D eigenvalue weighted by Gasteiger charge is 2.04. The smallest absolute Gasteiger partial charge is 0.248 e. The van der Waals surface area contributed by atoms with Crippen LogP contribution in [-0.4, -0.2) is 12.5 Å². The van der Waals surface area contributed by atoms with Crippen LogP contribution in [0.25, 0.3) is 0 Å². The first-order valence-corrected chi connectivity index (χ1v) is 7.03. The fourth-order valence-corrected chi connectivity index (χ4v) is 2.16. The molecule has 0 aliphatic heterocycles. The molecule has 0 atom stereocenters. The predicted octanol–water partition coefficient (Wildman–Crippen LogP) is 3.45. The SMILES string of the molecule is CCOc1ccc(NCc2cccc(C(N)=O)c2)cc1Cl. The second-order valence-corrected chi connectivity index (χ2v) is 4.90. The molecule has 0 bridgehead atoms. The average Bonchev–Trinajstić information content (AvgIpc) is 2.48. The van der Waals surface area contributed by atoms with Gasteiger partial charge in [-0.05, 0) is 42.8 Å². The summed E-state index contributed by atoms with van der Waals surface area (Å²) in [6.07, 6.45) is 0. The highest BCUT2D eigenvalue weighted by Crippen LogP contribution is 2.27. The summed E-state index contributed by atoms with van der Waals surface area (Å²) in [6.45, 7) is 3.06. The van der Waals surface area contributed by atoms with Crippen LogP contribution in [0.3, 0.4) is 0 Å². The molecule has 5 heteroatoms. The van der Waals surface area contributed by atoms with Crippen molar-refractivity contribution >= 4 is 23.2 Å². The molecule has 0 aromatic heterocycles. The Hall–Kier alpha value is -2.20. The second-order valence-electron chi connectivity index (χ2n) is 4.50. The van der Waals surface area contributed by atoms with Crippen molar-refractivity contribution in [2.45, 2.75) is 13.5 Å². The molecule has 0 heterocycles. The first-order valence-electron chi connectivity index (χ1n) is 6.65. The molecule has 0 fully saturated rings. The zero-order chi connectivity index (χ0) is 15.2. The zero-order valence-corrected chi connectivity index (χ0v) is 12.5. The highest BCUT2D eigenvalue weighted by molar-refractivity contribution is 6.32. The molecule has 0 aliphatic rings. The van der Waals surface area contributed by atoms with Crippen molar-refractivity contribution in [3.05, 3.63) is 58.6 Å². The molecular weight excluding hydrogens is 288 g/mol. The van der Waals surface area contributed by atoms with Gasteiger partial charge in [-0.1, -0.05) is 23.7 Å². The molecule has 0 unspecified atom stereocenters. The molecule has 3 N–H and O–H groups in total. The Kier molecular flexibility index (Phi) is 5.06. The summed E-state index contributed by atoms with van der Waals surface area (Å²) in [7, 11) is 0. The van der Waals surface area contributed by atoms with Gasteiger partial charge in [0, 0.05) is 17.8 Å². The maximum absolute atomic E-state index is 11.1. The number of benzene rings is 2. The van der Waals surface area contributed by atoms with E-state index in [9.17, 15) is 4.79 Å².